The van der Waals surface area contributed by atoms with Gasteiger partial charge >= 0.3 is 0 Å². The van der Waals surface area contributed by atoms with Gasteiger partial charge in [-0.2, -0.15) is 0 Å². The topological polar surface area (TPSA) is 21.7 Å². The summed E-state index contributed by atoms with van der Waals surface area (Å²) in [4.78, 5) is 2.67. The lowest BCUT2D eigenvalue weighted by atomic mass is 9.77. The molecule has 3 nitrogen and oxygen atoms in total. The first kappa shape index (κ1) is 20.1. The second-order valence-corrected chi connectivity index (χ2v) is 8.13. The Morgan fingerprint density at radius 2 is 1.63 bits per heavy atom. The molecule has 3 rings (SSSR count). The molecular formula is C24H33NO2. The van der Waals surface area contributed by atoms with E-state index in [0.717, 1.165) is 26.1 Å². The molecule has 1 fully saturated rings. The highest BCUT2D eigenvalue weighted by Gasteiger charge is 2.42. The van der Waals surface area contributed by atoms with E-state index in [2.05, 4.69) is 79.4 Å². The highest BCUT2D eigenvalue weighted by molar-refractivity contribution is 5.32. The van der Waals surface area contributed by atoms with Crippen molar-refractivity contribution in [2.24, 2.45) is 11.3 Å². The first-order valence-corrected chi connectivity index (χ1v) is 10.0. The number of benzene rings is 2. The zero-order valence-corrected chi connectivity index (χ0v) is 16.9. The van der Waals surface area contributed by atoms with Gasteiger partial charge in [0.15, 0.2) is 0 Å². The molecule has 0 spiro atoms. The Labute approximate surface area is 164 Å². The van der Waals surface area contributed by atoms with E-state index in [4.69, 9.17) is 9.47 Å². The van der Waals surface area contributed by atoms with Crippen molar-refractivity contribution in [3.8, 4) is 0 Å². The van der Waals surface area contributed by atoms with Gasteiger partial charge in [0, 0.05) is 26.8 Å². The maximum Gasteiger partial charge on any atom is 0.146 e. The molecule has 2 aromatic carbocycles. The van der Waals surface area contributed by atoms with Crippen LogP contribution >= 0.6 is 0 Å². The normalized spacial score (nSPS) is 23.2. The number of hydrogen-bond donors (Lipinski definition) is 0. The monoisotopic (exact) mass is 367 g/mol. The largest absolute Gasteiger partial charge is 0.359 e. The molecule has 2 aromatic rings. The first-order chi connectivity index (χ1) is 13.1. The molecule has 0 unspecified atom stereocenters. The molecular weight excluding hydrogens is 334 g/mol. The molecule has 27 heavy (non-hydrogen) atoms. The Bertz CT molecular complexity index is 636. The van der Waals surface area contributed by atoms with Crippen LogP contribution in [0.1, 0.15) is 43.9 Å². The van der Waals surface area contributed by atoms with Gasteiger partial charge in [0.25, 0.3) is 0 Å². The van der Waals surface area contributed by atoms with Gasteiger partial charge < -0.3 is 9.47 Å². The number of nitrogens with zero attached hydrogens (tertiary/aromatic N) is 1. The van der Waals surface area contributed by atoms with E-state index >= 15 is 0 Å². The zero-order valence-electron chi connectivity index (χ0n) is 16.9. The van der Waals surface area contributed by atoms with Crippen LogP contribution in [0.5, 0.6) is 0 Å². The molecule has 0 aliphatic carbocycles. The third kappa shape index (κ3) is 4.98. The first-order valence-electron chi connectivity index (χ1n) is 10.0. The van der Waals surface area contributed by atoms with Gasteiger partial charge in [-0.15, -0.1) is 0 Å². The van der Waals surface area contributed by atoms with E-state index in [0.29, 0.717) is 24.2 Å². The lowest BCUT2D eigenvalue weighted by Gasteiger charge is -2.32. The molecule has 146 valence electrons. The molecule has 0 radical (unpaired) electrons. The summed E-state index contributed by atoms with van der Waals surface area (Å²) in [7, 11) is 1.67. The van der Waals surface area contributed by atoms with Gasteiger partial charge in [0.1, 0.15) is 6.79 Å². The van der Waals surface area contributed by atoms with Gasteiger partial charge in [0.2, 0.25) is 0 Å². The Morgan fingerprint density at radius 3 is 2.19 bits per heavy atom. The summed E-state index contributed by atoms with van der Waals surface area (Å²) in [5.41, 5.74) is 3.07. The number of likely N-dealkylation sites (tertiary alicyclic amines) is 1. The maximum absolute atomic E-state index is 5.50. The lowest BCUT2D eigenvalue weighted by Crippen LogP contribution is -2.30. The van der Waals surface area contributed by atoms with Crippen molar-refractivity contribution >= 4 is 0 Å². The van der Waals surface area contributed by atoms with Crippen molar-refractivity contribution in [2.75, 3.05) is 33.6 Å². The number of methoxy groups -OCH3 is 1. The minimum atomic E-state index is 0.318. The van der Waals surface area contributed by atoms with E-state index < -0.39 is 0 Å². The van der Waals surface area contributed by atoms with Crippen molar-refractivity contribution in [2.45, 2.75) is 32.7 Å². The summed E-state index contributed by atoms with van der Waals surface area (Å²) in [6, 6.07) is 22.2. The Kier molecular flexibility index (Phi) is 7.06. The van der Waals surface area contributed by atoms with Crippen molar-refractivity contribution in [1.82, 2.24) is 4.90 Å². The minimum absolute atomic E-state index is 0.318. The Hall–Kier alpha value is -1.68. The van der Waals surface area contributed by atoms with Crippen molar-refractivity contribution in [3.05, 3.63) is 71.8 Å². The van der Waals surface area contributed by atoms with Gasteiger partial charge in [-0.3, -0.25) is 4.90 Å². The maximum atomic E-state index is 5.50. The fourth-order valence-electron chi connectivity index (χ4n) is 4.38. The second kappa shape index (κ2) is 9.50. The highest BCUT2D eigenvalue weighted by atomic mass is 16.7. The highest BCUT2D eigenvalue weighted by Crippen LogP contribution is 2.44. The van der Waals surface area contributed by atoms with Crippen molar-refractivity contribution < 1.29 is 9.47 Å². The predicted molar refractivity (Wildman–Crippen MR) is 111 cm³/mol. The van der Waals surface area contributed by atoms with Gasteiger partial charge in [-0.1, -0.05) is 74.5 Å². The quantitative estimate of drug-likeness (QED) is 0.453. The molecule has 2 atom stereocenters. The predicted octanol–water partition coefficient (Wildman–Crippen LogP) is 5.13. The van der Waals surface area contributed by atoms with Crippen LogP contribution in [0.15, 0.2) is 60.7 Å². The lowest BCUT2D eigenvalue weighted by molar-refractivity contribution is -0.0339. The van der Waals surface area contributed by atoms with Crippen LogP contribution in [0.2, 0.25) is 0 Å². The molecule has 0 aromatic heterocycles. The SMILES string of the molecule is COCOCCC[C@@]1(C)CN(C(c2ccccc2)c2ccccc2)C[C@@H]1C. The van der Waals surface area contributed by atoms with Crippen LogP contribution in [0.4, 0.5) is 0 Å². The summed E-state index contributed by atoms with van der Waals surface area (Å²) in [6.07, 6.45) is 2.27. The number of hydrogen-bond acceptors (Lipinski definition) is 3. The van der Waals surface area contributed by atoms with E-state index in [-0.39, 0.29) is 0 Å². The van der Waals surface area contributed by atoms with Crippen LogP contribution in [0, 0.1) is 11.3 Å². The average molecular weight is 368 g/mol. The molecule has 3 heteroatoms. The molecule has 0 bridgehead atoms. The minimum Gasteiger partial charge on any atom is -0.359 e. The fraction of sp³-hybridized carbons (Fsp3) is 0.500. The van der Waals surface area contributed by atoms with E-state index in [1.165, 1.54) is 17.5 Å². The summed E-state index contributed by atoms with van der Waals surface area (Å²) < 4.78 is 10.5. The molecule has 1 heterocycles. The number of rotatable bonds is 9. The Balaban J connectivity index is 1.74. The summed E-state index contributed by atoms with van der Waals surface area (Å²) >= 11 is 0. The van der Waals surface area contributed by atoms with Crippen LogP contribution in [0.3, 0.4) is 0 Å². The molecule has 0 amide bonds. The van der Waals surface area contributed by atoms with Crippen molar-refractivity contribution in [1.29, 1.82) is 0 Å². The van der Waals surface area contributed by atoms with Crippen LogP contribution < -0.4 is 0 Å². The van der Waals surface area contributed by atoms with E-state index in [1.54, 1.807) is 7.11 Å². The molecule has 0 N–H and O–H groups in total. The zero-order chi connectivity index (χ0) is 19.1. The standard InChI is InChI=1S/C24H33NO2/c1-20-17-25(18-24(20,2)15-10-16-27-19-26-3)23(21-11-6-4-7-12-21)22-13-8-5-9-14-22/h4-9,11-14,20,23H,10,15-19H2,1-3H3/t20-,24-/m0/s1. The Morgan fingerprint density at radius 1 is 1.04 bits per heavy atom. The third-order valence-corrected chi connectivity index (χ3v) is 6.10. The summed E-state index contributed by atoms with van der Waals surface area (Å²) in [6.45, 7) is 8.26. The molecule has 0 saturated carbocycles. The van der Waals surface area contributed by atoms with Crippen LogP contribution in [-0.4, -0.2) is 38.5 Å². The molecule has 1 saturated heterocycles. The summed E-state index contributed by atoms with van der Waals surface area (Å²) in [5.74, 6) is 0.662. The molecule has 1 aliphatic rings. The van der Waals surface area contributed by atoms with Crippen molar-refractivity contribution in [3.63, 3.8) is 0 Å². The second-order valence-electron chi connectivity index (χ2n) is 8.13. The van der Waals surface area contributed by atoms with Gasteiger partial charge in [-0.05, 0) is 35.3 Å². The smallest absolute Gasteiger partial charge is 0.146 e. The van der Waals surface area contributed by atoms with E-state index in [1.807, 2.05) is 0 Å². The third-order valence-electron chi connectivity index (χ3n) is 6.10. The van der Waals surface area contributed by atoms with Crippen LogP contribution in [-0.2, 0) is 9.47 Å². The summed E-state index contributed by atoms with van der Waals surface area (Å²) in [5, 5.41) is 0. The van der Waals surface area contributed by atoms with Gasteiger partial charge in [0.05, 0.1) is 6.04 Å². The van der Waals surface area contributed by atoms with Gasteiger partial charge in [-0.25, -0.2) is 0 Å². The average Bonchev–Trinajstić information content (AvgIpc) is 2.98. The molecule has 1 aliphatic heterocycles. The van der Waals surface area contributed by atoms with Crippen LogP contribution in [0.25, 0.3) is 0 Å². The number of ether oxygens (including phenoxy) is 2. The fourth-order valence-corrected chi connectivity index (χ4v) is 4.38. The van der Waals surface area contributed by atoms with E-state index in [9.17, 15) is 0 Å².